The predicted molar refractivity (Wildman–Crippen MR) is 88.2 cm³/mol. The smallest absolute Gasteiger partial charge is 0.308 e. The van der Waals surface area contributed by atoms with E-state index in [0.29, 0.717) is 24.5 Å². The van der Waals surface area contributed by atoms with Crippen molar-refractivity contribution < 1.29 is 19.3 Å². The van der Waals surface area contributed by atoms with Gasteiger partial charge in [0.25, 0.3) is 6.79 Å². The molecule has 0 atom stereocenters. The number of allylic oxidation sites excluding steroid dienone is 2. The van der Waals surface area contributed by atoms with E-state index in [0.717, 1.165) is 25.7 Å². The van der Waals surface area contributed by atoms with Gasteiger partial charge in [-0.15, -0.1) is 5.01 Å². The molecule has 0 aliphatic carbocycles. The molecular weight excluding hydrogens is 298 g/mol. The van der Waals surface area contributed by atoms with Crippen LogP contribution in [0.4, 0.5) is 0 Å². The Balaban J connectivity index is 3.55. The van der Waals surface area contributed by atoms with Gasteiger partial charge in [0, 0.05) is 6.42 Å². The fourth-order valence-corrected chi connectivity index (χ4v) is 1.98. The Labute approximate surface area is 139 Å². The summed E-state index contributed by atoms with van der Waals surface area (Å²) >= 11 is 0. The highest BCUT2D eigenvalue weighted by Crippen LogP contribution is 2.08. The first-order chi connectivity index (χ1) is 11.2. The molecule has 23 heavy (non-hydrogen) atoms. The number of carbonyl (C=O) groups excluding carboxylic acids is 1. The largest absolute Gasteiger partial charge is 0.569 e. The zero-order chi connectivity index (χ0) is 17.3. The summed E-state index contributed by atoms with van der Waals surface area (Å²) in [6.07, 6.45) is 11.1. The van der Waals surface area contributed by atoms with Crippen LogP contribution in [0, 0.1) is 5.21 Å². The van der Waals surface area contributed by atoms with E-state index in [1.807, 2.05) is 20.8 Å². The number of nitrogens with zero attached hydrogens (tertiary/aromatic N) is 3. The normalized spacial score (nSPS) is 11.7. The van der Waals surface area contributed by atoms with Crippen LogP contribution in [0.15, 0.2) is 17.4 Å². The molecule has 0 saturated heterocycles. The summed E-state index contributed by atoms with van der Waals surface area (Å²) in [6, 6.07) is 0. The molecule has 0 fully saturated rings. The van der Waals surface area contributed by atoms with E-state index in [-0.39, 0.29) is 12.8 Å². The molecular formula is C16H31N3O4. The molecule has 0 bridgehead atoms. The van der Waals surface area contributed by atoms with Crippen molar-refractivity contribution in [1.29, 1.82) is 0 Å². The lowest BCUT2D eigenvalue weighted by atomic mass is 10.1. The molecule has 0 unspecified atom stereocenters. The quantitative estimate of drug-likeness (QED) is 0.0917. The molecule has 0 spiro atoms. The first-order valence-electron chi connectivity index (χ1n) is 8.47. The lowest BCUT2D eigenvalue weighted by Crippen LogP contribution is -2.30. The van der Waals surface area contributed by atoms with Gasteiger partial charge in [-0.05, 0) is 40.0 Å². The molecule has 7 nitrogen and oxygen atoms in total. The Morgan fingerprint density at radius 3 is 2.48 bits per heavy atom. The summed E-state index contributed by atoms with van der Waals surface area (Å²) in [4.78, 5) is 16.5. The van der Waals surface area contributed by atoms with Crippen LogP contribution in [0.25, 0.3) is 0 Å². The first kappa shape index (κ1) is 21.2. The number of unbranched alkanes of at least 4 members (excludes halogenated alkanes) is 5. The third kappa shape index (κ3) is 12.4. The van der Waals surface area contributed by atoms with Gasteiger partial charge in [-0.2, -0.15) is 0 Å². The fourth-order valence-electron chi connectivity index (χ4n) is 1.98. The van der Waals surface area contributed by atoms with Gasteiger partial charge in [-0.1, -0.05) is 31.4 Å². The number of carbonyl (C=O) groups is 1. The maximum atomic E-state index is 11.5. The zero-order valence-corrected chi connectivity index (χ0v) is 14.7. The predicted octanol–water partition coefficient (Wildman–Crippen LogP) is 3.94. The van der Waals surface area contributed by atoms with E-state index >= 15 is 0 Å². The topological polar surface area (TPSA) is 77.2 Å². The van der Waals surface area contributed by atoms with Crippen molar-refractivity contribution in [3.05, 3.63) is 17.4 Å². The monoisotopic (exact) mass is 329 g/mol. The minimum absolute atomic E-state index is 0.325. The van der Waals surface area contributed by atoms with Crippen LogP contribution in [0.5, 0.6) is 0 Å². The van der Waals surface area contributed by atoms with E-state index in [9.17, 15) is 10.0 Å². The van der Waals surface area contributed by atoms with Crippen LogP contribution >= 0.6 is 0 Å². The fraction of sp³-hybridized carbons (Fsp3) is 0.812. The second-order valence-corrected chi connectivity index (χ2v) is 5.11. The van der Waals surface area contributed by atoms with Crippen molar-refractivity contribution in [3.63, 3.8) is 0 Å². The number of hydrogen-bond acceptors (Lipinski definition) is 5. The highest BCUT2D eigenvalue weighted by molar-refractivity contribution is 5.69. The van der Waals surface area contributed by atoms with E-state index in [1.165, 1.54) is 17.9 Å². The van der Waals surface area contributed by atoms with E-state index in [4.69, 9.17) is 4.74 Å². The molecule has 0 aromatic heterocycles. The molecule has 0 aliphatic heterocycles. The lowest BCUT2D eigenvalue weighted by Gasteiger charge is -2.13. The average molecular weight is 329 g/mol. The minimum atomic E-state index is -0.331. The Kier molecular flexibility index (Phi) is 13.9. The number of esters is 1. The first-order valence-corrected chi connectivity index (χ1v) is 8.47. The number of hydrogen-bond donors (Lipinski definition) is 0. The molecule has 0 radical (unpaired) electrons. The van der Waals surface area contributed by atoms with Crippen molar-refractivity contribution in [1.82, 2.24) is 5.01 Å². The summed E-state index contributed by atoms with van der Waals surface area (Å²) in [5, 5.41) is 16.1. The SMILES string of the molecule is C/C=C\CCCCCCCC(=O)OCO/N=[N+](\[O-])N(CC)CC. The van der Waals surface area contributed by atoms with Crippen LogP contribution in [0.1, 0.15) is 65.7 Å². The standard InChI is InChI=1S/C16H31N3O4/c1-4-7-8-9-10-11-12-13-14-16(20)22-15-23-17-19(21)18(5-2)6-3/h4,7H,5-6,8-15H2,1-3H3/b7-4-,19-17-. The maximum absolute atomic E-state index is 11.5. The Bertz CT molecular complexity index is 355. The van der Waals surface area contributed by atoms with Gasteiger partial charge < -0.3 is 14.8 Å². The van der Waals surface area contributed by atoms with Gasteiger partial charge in [0.1, 0.15) is 0 Å². The van der Waals surface area contributed by atoms with Gasteiger partial charge in [0.15, 0.2) is 0 Å². The third-order valence-electron chi connectivity index (χ3n) is 3.36. The summed E-state index contributed by atoms with van der Waals surface area (Å²) in [5.41, 5.74) is 0. The van der Waals surface area contributed by atoms with E-state index < -0.39 is 0 Å². The van der Waals surface area contributed by atoms with Crippen molar-refractivity contribution in [2.45, 2.75) is 65.7 Å². The molecule has 0 aromatic carbocycles. The van der Waals surface area contributed by atoms with Crippen LogP contribution in [0.2, 0.25) is 0 Å². The van der Waals surface area contributed by atoms with Crippen LogP contribution in [-0.2, 0) is 14.4 Å². The van der Waals surface area contributed by atoms with E-state index in [1.54, 1.807) is 0 Å². The van der Waals surface area contributed by atoms with Crippen molar-refractivity contribution >= 4 is 5.97 Å². The molecule has 0 amide bonds. The summed E-state index contributed by atoms with van der Waals surface area (Å²) < 4.78 is 4.85. The number of rotatable bonds is 14. The Morgan fingerprint density at radius 2 is 1.83 bits per heavy atom. The second-order valence-electron chi connectivity index (χ2n) is 5.11. The molecule has 7 heteroatoms. The Morgan fingerprint density at radius 1 is 1.17 bits per heavy atom. The maximum Gasteiger partial charge on any atom is 0.308 e. The second kappa shape index (κ2) is 15.1. The highest BCUT2D eigenvalue weighted by Gasteiger charge is 2.07. The van der Waals surface area contributed by atoms with Crippen molar-refractivity contribution in [2.24, 2.45) is 5.28 Å². The summed E-state index contributed by atoms with van der Waals surface area (Å²) in [7, 11) is 0. The van der Waals surface area contributed by atoms with Crippen LogP contribution < -0.4 is 0 Å². The Hall–Kier alpha value is -1.79. The summed E-state index contributed by atoms with van der Waals surface area (Å²) in [5.74, 6) is -0.325. The lowest BCUT2D eigenvalue weighted by molar-refractivity contribution is -0.710. The van der Waals surface area contributed by atoms with Gasteiger partial charge in [-0.3, -0.25) is 4.79 Å². The van der Waals surface area contributed by atoms with Crippen molar-refractivity contribution in [2.75, 3.05) is 19.9 Å². The highest BCUT2D eigenvalue weighted by atomic mass is 16.8. The summed E-state index contributed by atoms with van der Waals surface area (Å²) in [6.45, 7) is 6.43. The van der Waals surface area contributed by atoms with E-state index in [2.05, 4.69) is 22.3 Å². The van der Waals surface area contributed by atoms with Gasteiger partial charge >= 0.3 is 5.97 Å². The molecule has 0 aliphatic rings. The zero-order valence-electron chi connectivity index (χ0n) is 14.7. The molecule has 0 N–H and O–H groups in total. The van der Waals surface area contributed by atoms with Crippen LogP contribution in [0.3, 0.4) is 0 Å². The van der Waals surface area contributed by atoms with Gasteiger partial charge in [0.2, 0.25) is 5.28 Å². The average Bonchev–Trinajstić information content (AvgIpc) is 2.55. The van der Waals surface area contributed by atoms with Crippen LogP contribution in [-0.4, -0.2) is 35.8 Å². The molecule has 134 valence electrons. The van der Waals surface area contributed by atoms with Crippen molar-refractivity contribution in [3.8, 4) is 0 Å². The molecule has 0 aromatic rings. The molecule has 0 heterocycles. The number of hydrazine groups is 1. The third-order valence-corrected chi connectivity index (χ3v) is 3.36. The molecule has 0 rings (SSSR count). The molecule has 0 saturated carbocycles. The van der Waals surface area contributed by atoms with Gasteiger partial charge in [0.05, 0.1) is 18.1 Å². The number of ether oxygens (including phenoxy) is 1. The van der Waals surface area contributed by atoms with Gasteiger partial charge in [-0.25, -0.2) is 0 Å². The minimum Gasteiger partial charge on any atom is -0.569 e.